The first-order valence-electron chi connectivity index (χ1n) is 11.1. The Hall–Kier alpha value is -2.14. The molecule has 0 aliphatic carbocycles. The van der Waals surface area contributed by atoms with Crippen LogP contribution in [-0.4, -0.2) is 50.3 Å². The molecule has 1 heterocycles. The summed E-state index contributed by atoms with van der Waals surface area (Å²) in [7, 11) is -3.84. The minimum absolute atomic E-state index is 0.0726. The van der Waals surface area contributed by atoms with Gasteiger partial charge in [-0.3, -0.25) is 4.90 Å². The molecule has 3 aromatic rings. The molecule has 0 radical (unpaired) electrons. The highest BCUT2D eigenvalue weighted by Gasteiger charge is 2.30. The average molecular weight is 559 g/mol. The molecule has 3 aromatic carbocycles. The van der Waals surface area contributed by atoms with Crippen molar-refractivity contribution in [2.24, 2.45) is 0 Å². The number of piperazine rings is 1. The van der Waals surface area contributed by atoms with Crippen LogP contribution in [0.2, 0.25) is 10.0 Å². The minimum Gasteiger partial charge on any atom is -0.367 e. The molecular weight excluding hydrogens is 536 g/mol. The average Bonchev–Trinajstić information content (AvgIpc) is 2.85. The fourth-order valence-electron chi connectivity index (χ4n) is 3.96. The maximum Gasteiger partial charge on any atom is 0.243 e. The third kappa shape index (κ3) is 6.22. The lowest BCUT2D eigenvalue weighted by molar-refractivity contribution is 0.00547. The smallest absolute Gasteiger partial charge is 0.243 e. The number of benzene rings is 3. The first kappa shape index (κ1) is 26.9. The predicted octanol–water partition coefficient (Wildman–Crippen LogP) is 5.68. The number of ether oxygens (including phenoxy) is 1. The van der Waals surface area contributed by atoms with Crippen LogP contribution in [-0.2, 0) is 21.4 Å². The van der Waals surface area contributed by atoms with E-state index in [1.54, 1.807) is 24.3 Å². The Morgan fingerprint density at radius 3 is 2.11 bits per heavy atom. The molecule has 1 aliphatic heterocycles. The summed E-state index contributed by atoms with van der Waals surface area (Å²) in [5.74, 6) is -2.07. The zero-order valence-corrected chi connectivity index (χ0v) is 21.3. The van der Waals surface area contributed by atoms with Gasteiger partial charge in [-0.25, -0.2) is 21.6 Å². The van der Waals surface area contributed by atoms with Crippen molar-refractivity contribution >= 4 is 33.2 Å². The summed E-state index contributed by atoms with van der Waals surface area (Å²) >= 11 is 11.8. The molecule has 11 heteroatoms. The molecule has 0 spiro atoms. The molecule has 1 aliphatic rings. The van der Waals surface area contributed by atoms with Gasteiger partial charge in [0, 0.05) is 43.3 Å². The van der Waals surface area contributed by atoms with Crippen molar-refractivity contribution in [3.05, 3.63) is 99.3 Å². The van der Waals surface area contributed by atoms with Crippen LogP contribution < -0.4 is 0 Å². The van der Waals surface area contributed by atoms with E-state index in [2.05, 4.69) is 0 Å². The zero-order valence-electron chi connectivity index (χ0n) is 19.0. The molecule has 0 N–H and O–H groups in total. The number of halogens is 5. The Kier molecular flexibility index (Phi) is 8.59. The highest BCUT2D eigenvalue weighted by molar-refractivity contribution is 7.89. The minimum atomic E-state index is -3.84. The number of rotatable bonds is 8. The molecule has 0 unspecified atom stereocenters. The quantitative estimate of drug-likeness (QED) is 0.357. The lowest BCUT2D eigenvalue weighted by atomic mass is 10.1. The molecule has 4 rings (SSSR count). The van der Waals surface area contributed by atoms with E-state index >= 15 is 0 Å². The lowest BCUT2D eigenvalue weighted by Crippen LogP contribution is -2.49. The van der Waals surface area contributed by atoms with E-state index < -0.39 is 33.6 Å². The van der Waals surface area contributed by atoms with Crippen LogP contribution in [0.3, 0.4) is 0 Å². The molecule has 192 valence electrons. The summed E-state index contributed by atoms with van der Waals surface area (Å²) in [6.07, 6.45) is -0.541. The monoisotopic (exact) mass is 558 g/mol. The van der Waals surface area contributed by atoms with Crippen molar-refractivity contribution in [1.29, 1.82) is 0 Å². The normalized spacial score (nSPS) is 16.2. The molecule has 0 aromatic heterocycles. The van der Waals surface area contributed by atoms with E-state index in [-0.39, 0.29) is 35.2 Å². The fraction of sp³-hybridized carbons (Fsp3) is 0.280. The molecule has 0 amide bonds. The molecule has 0 saturated carbocycles. The summed E-state index contributed by atoms with van der Waals surface area (Å²) in [6, 6.07) is 13.9. The summed E-state index contributed by atoms with van der Waals surface area (Å²) in [5.41, 5.74) is 0.609. The van der Waals surface area contributed by atoms with Crippen LogP contribution >= 0.6 is 23.2 Å². The number of nitrogens with zero attached hydrogens (tertiary/aromatic N) is 2. The summed E-state index contributed by atoms with van der Waals surface area (Å²) < 4.78 is 74.9. The maximum absolute atomic E-state index is 14.1. The molecule has 36 heavy (non-hydrogen) atoms. The Morgan fingerprint density at radius 2 is 1.50 bits per heavy atom. The molecule has 1 atom stereocenters. The standard InChI is InChI=1S/C25H23Cl2F3N2O3S/c26-18-6-4-17(5-7-18)25(35-16-20-22(28)2-1-3-23(20)29)15-31-10-12-32(13-11-31)36(33,34)19-8-9-24(30)21(27)14-19/h1-9,14,25H,10-13,15-16H2/t25-/m1/s1. The second-order valence-electron chi connectivity index (χ2n) is 8.33. The van der Waals surface area contributed by atoms with Crippen LogP contribution in [0.1, 0.15) is 17.2 Å². The van der Waals surface area contributed by atoms with Gasteiger partial charge in [0.05, 0.1) is 22.6 Å². The molecule has 1 fully saturated rings. The lowest BCUT2D eigenvalue weighted by Gasteiger charge is -2.36. The second-order valence-corrected chi connectivity index (χ2v) is 11.1. The van der Waals surface area contributed by atoms with Gasteiger partial charge in [-0.1, -0.05) is 41.4 Å². The van der Waals surface area contributed by atoms with Gasteiger partial charge in [0.1, 0.15) is 17.5 Å². The maximum atomic E-state index is 14.1. The Balaban J connectivity index is 1.44. The van der Waals surface area contributed by atoms with Gasteiger partial charge in [0.2, 0.25) is 10.0 Å². The summed E-state index contributed by atoms with van der Waals surface area (Å²) in [6.45, 7) is 1.30. The summed E-state index contributed by atoms with van der Waals surface area (Å²) in [4.78, 5) is 1.94. The van der Waals surface area contributed by atoms with Crippen LogP contribution in [0.4, 0.5) is 13.2 Å². The van der Waals surface area contributed by atoms with Gasteiger partial charge in [-0.05, 0) is 48.0 Å². The van der Waals surface area contributed by atoms with Gasteiger partial charge in [-0.2, -0.15) is 4.31 Å². The summed E-state index contributed by atoms with van der Waals surface area (Å²) in [5, 5.41) is 0.279. The Labute approximate surface area is 218 Å². The molecule has 0 bridgehead atoms. The van der Waals surface area contributed by atoms with E-state index in [0.29, 0.717) is 24.7 Å². The third-order valence-electron chi connectivity index (χ3n) is 6.02. The number of hydrogen-bond acceptors (Lipinski definition) is 4. The van der Waals surface area contributed by atoms with E-state index in [9.17, 15) is 21.6 Å². The Morgan fingerprint density at radius 1 is 0.861 bits per heavy atom. The Bertz CT molecular complexity index is 1300. The highest BCUT2D eigenvalue weighted by Crippen LogP contribution is 2.26. The predicted molar refractivity (Wildman–Crippen MR) is 132 cm³/mol. The first-order valence-corrected chi connectivity index (χ1v) is 13.3. The SMILES string of the molecule is O=S(=O)(c1ccc(F)c(Cl)c1)N1CCN(C[C@@H](OCc2c(F)cccc2F)c2ccc(Cl)cc2)CC1. The van der Waals surface area contributed by atoms with Crippen molar-refractivity contribution in [3.8, 4) is 0 Å². The molecular formula is C25H23Cl2F3N2O3S. The first-order chi connectivity index (χ1) is 17.1. The highest BCUT2D eigenvalue weighted by atomic mass is 35.5. The van der Waals surface area contributed by atoms with Gasteiger partial charge in [0.15, 0.2) is 0 Å². The van der Waals surface area contributed by atoms with Crippen molar-refractivity contribution in [3.63, 3.8) is 0 Å². The van der Waals surface area contributed by atoms with Crippen LogP contribution in [0.15, 0.2) is 65.6 Å². The second kappa shape index (κ2) is 11.5. The molecule has 1 saturated heterocycles. The van der Waals surface area contributed by atoms with E-state index in [1.807, 2.05) is 4.90 Å². The van der Waals surface area contributed by atoms with Crippen LogP contribution in [0, 0.1) is 17.5 Å². The van der Waals surface area contributed by atoms with E-state index in [4.69, 9.17) is 27.9 Å². The molecule has 5 nitrogen and oxygen atoms in total. The third-order valence-corrected chi connectivity index (χ3v) is 8.45. The van der Waals surface area contributed by atoms with Crippen LogP contribution in [0.25, 0.3) is 0 Å². The van der Waals surface area contributed by atoms with Crippen molar-refractivity contribution < 1.29 is 26.3 Å². The van der Waals surface area contributed by atoms with Crippen molar-refractivity contribution in [2.75, 3.05) is 32.7 Å². The van der Waals surface area contributed by atoms with Crippen molar-refractivity contribution in [2.45, 2.75) is 17.6 Å². The van der Waals surface area contributed by atoms with Gasteiger partial charge < -0.3 is 4.74 Å². The van der Waals surface area contributed by atoms with Gasteiger partial charge in [0.25, 0.3) is 0 Å². The fourth-order valence-corrected chi connectivity index (χ4v) is 5.78. The van der Waals surface area contributed by atoms with Gasteiger partial charge >= 0.3 is 0 Å². The largest absolute Gasteiger partial charge is 0.367 e. The van der Waals surface area contributed by atoms with E-state index in [0.717, 1.165) is 17.7 Å². The van der Waals surface area contributed by atoms with Crippen LogP contribution in [0.5, 0.6) is 0 Å². The van der Waals surface area contributed by atoms with E-state index in [1.165, 1.54) is 28.6 Å². The number of sulfonamides is 1. The van der Waals surface area contributed by atoms with Crippen molar-refractivity contribution in [1.82, 2.24) is 9.21 Å². The topological polar surface area (TPSA) is 49.9 Å². The van der Waals surface area contributed by atoms with Gasteiger partial charge in [-0.15, -0.1) is 0 Å². The zero-order chi connectivity index (χ0) is 25.9. The number of hydrogen-bond donors (Lipinski definition) is 0.